The van der Waals surface area contributed by atoms with E-state index in [1.807, 2.05) is 37.5 Å². The van der Waals surface area contributed by atoms with E-state index in [-0.39, 0.29) is 11.5 Å². The topological polar surface area (TPSA) is 109 Å². The normalized spacial score (nSPS) is 15.3. The number of benzene rings is 1. The number of para-hydroxylation sites is 1. The van der Waals surface area contributed by atoms with Gasteiger partial charge in [-0.1, -0.05) is 25.1 Å². The van der Waals surface area contributed by atoms with Gasteiger partial charge in [0, 0.05) is 55.3 Å². The van der Waals surface area contributed by atoms with E-state index in [0.717, 1.165) is 48.4 Å². The van der Waals surface area contributed by atoms with E-state index in [9.17, 15) is 9.18 Å². The molecule has 0 spiro atoms. The van der Waals surface area contributed by atoms with Crippen LogP contribution < -0.4 is 10.6 Å². The van der Waals surface area contributed by atoms with E-state index in [2.05, 4.69) is 47.5 Å². The first-order chi connectivity index (χ1) is 18.9. The SMILES string of the molecule is CNC(=O)c1c(F)cnc2c([C@H](C)CNc3cc(-c4cnc(CC5CCN(C)CC5)nc4)ncn3)cccc12. The summed E-state index contributed by atoms with van der Waals surface area (Å²) in [7, 11) is 3.65. The van der Waals surface area contributed by atoms with E-state index in [1.165, 1.54) is 26.2 Å². The molecule has 1 aliphatic heterocycles. The lowest BCUT2D eigenvalue weighted by atomic mass is 9.93. The van der Waals surface area contributed by atoms with Crippen LogP contribution in [0, 0.1) is 11.7 Å². The standard InChI is InChI=1S/C29H33FN8O/c1-18(21-5-4-6-22-27(29(39)31-2)23(30)16-35-28(21)22)13-32-26-12-24(36-17-37-26)20-14-33-25(34-15-20)11-19-7-9-38(3)10-8-19/h4-6,12,14-19H,7-11,13H2,1-3H3,(H,31,39)(H,32,36,37)/t18-/m1/s1. The molecular weight excluding hydrogens is 495 g/mol. The molecule has 0 saturated carbocycles. The van der Waals surface area contributed by atoms with Crippen molar-refractivity contribution in [2.24, 2.45) is 5.92 Å². The number of carbonyl (C=O) groups excluding carboxylic acids is 1. The Balaban J connectivity index is 1.27. The molecule has 1 aliphatic rings. The number of fused-ring (bicyclic) bond motifs is 1. The van der Waals surface area contributed by atoms with Crippen LogP contribution in [0.1, 0.15) is 47.4 Å². The second-order valence-electron chi connectivity index (χ2n) is 10.2. The predicted molar refractivity (Wildman–Crippen MR) is 149 cm³/mol. The molecule has 0 unspecified atom stereocenters. The van der Waals surface area contributed by atoms with Crippen LogP contribution in [0.25, 0.3) is 22.2 Å². The molecule has 0 aliphatic carbocycles. The minimum atomic E-state index is -0.642. The fourth-order valence-corrected chi connectivity index (χ4v) is 5.07. The average molecular weight is 529 g/mol. The summed E-state index contributed by atoms with van der Waals surface area (Å²) in [6.07, 6.45) is 9.56. The van der Waals surface area contributed by atoms with Gasteiger partial charge >= 0.3 is 0 Å². The summed E-state index contributed by atoms with van der Waals surface area (Å²) in [5, 5.41) is 6.37. The van der Waals surface area contributed by atoms with Gasteiger partial charge in [0.15, 0.2) is 5.82 Å². The largest absolute Gasteiger partial charge is 0.369 e. The van der Waals surface area contributed by atoms with Gasteiger partial charge in [0.25, 0.3) is 5.91 Å². The number of nitrogens with one attached hydrogen (secondary N) is 2. The first-order valence-corrected chi connectivity index (χ1v) is 13.3. The highest BCUT2D eigenvalue weighted by molar-refractivity contribution is 6.06. The van der Waals surface area contributed by atoms with Crippen molar-refractivity contribution < 1.29 is 9.18 Å². The maximum atomic E-state index is 14.4. The van der Waals surface area contributed by atoms with E-state index in [0.29, 0.717) is 29.2 Å². The monoisotopic (exact) mass is 528 g/mol. The first kappa shape index (κ1) is 26.6. The van der Waals surface area contributed by atoms with Crippen molar-refractivity contribution in [3.05, 3.63) is 72.0 Å². The Kier molecular flexibility index (Phi) is 8.02. The minimum absolute atomic E-state index is 0.00420. The van der Waals surface area contributed by atoms with Gasteiger partial charge in [0.05, 0.1) is 23.0 Å². The van der Waals surface area contributed by atoms with E-state index in [1.54, 1.807) is 6.07 Å². The molecule has 1 amide bonds. The first-order valence-electron chi connectivity index (χ1n) is 13.3. The molecule has 39 heavy (non-hydrogen) atoms. The molecule has 1 atom stereocenters. The second-order valence-corrected chi connectivity index (χ2v) is 10.2. The van der Waals surface area contributed by atoms with Crippen molar-refractivity contribution >= 4 is 22.6 Å². The zero-order valence-corrected chi connectivity index (χ0v) is 22.5. The van der Waals surface area contributed by atoms with Crippen molar-refractivity contribution in [2.75, 3.05) is 39.0 Å². The molecule has 4 aromatic rings. The summed E-state index contributed by atoms with van der Waals surface area (Å²) >= 11 is 0. The van der Waals surface area contributed by atoms with Gasteiger partial charge in [-0.25, -0.2) is 24.3 Å². The van der Waals surface area contributed by atoms with Crippen LogP contribution >= 0.6 is 0 Å². The number of rotatable bonds is 8. The summed E-state index contributed by atoms with van der Waals surface area (Å²) in [4.78, 5) is 37.0. The molecule has 9 nitrogen and oxygen atoms in total. The molecule has 10 heteroatoms. The fourth-order valence-electron chi connectivity index (χ4n) is 5.07. The Labute approximate surface area is 227 Å². The zero-order chi connectivity index (χ0) is 27.4. The fraction of sp³-hybridized carbons (Fsp3) is 0.379. The molecular formula is C29H33FN8O. The molecule has 4 heterocycles. The van der Waals surface area contributed by atoms with Gasteiger partial charge in [0.1, 0.15) is 18.0 Å². The highest BCUT2D eigenvalue weighted by atomic mass is 19.1. The Morgan fingerprint density at radius 3 is 2.62 bits per heavy atom. The maximum absolute atomic E-state index is 14.4. The van der Waals surface area contributed by atoms with Crippen molar-refractivity contribution in [3.8, 4) is 11.3 Å². The van der Waals surface area contributed by atoms with Gasteiger partial charge in [-0.3, -0.25) is 9.78 Å². The summed E-state index contributed by atoms with van der Waals surface area (Å²) in [5.41, 5.74) is 3.09. The van der Waals surface area contributed by atoms with E-state index < -0.39 is 11.7 Å². The summed E-state index contributed by atoms with van der Waals surface area (Å²) in [5.74, 6) is 1.07. The van der Waals surface area contributed by atoms with Crippen LogP contribution in [-0.2, 0) is 6.42 Å². The Hall–Kier alpha value is -4.05. The van der Waals surface area contributed by atoms with Crippen LogP contribution in [0.15, 0.2) is 49.2 Å². The molecule has 3 aromatic heterocycles. The third-order valence-corrected chi connectivity index (χ3v) is 7.43. The molecule has 1 aromatic carbocycles. The number of nitrogens with zero attached hydrogens (tertiary/aromatic N) is 6. The summed E-state index contributed by atoms with van der Waals surface area (Å²) < 4.78 is 14.4. The quantitative estimate of drug-likeness (QED) is 0.352. The van der Waals surface area contributed by atoms with Gasteiger partial charge < -0.3 is 15.5 Å². The lowest BCUT2D eigenvalue weighted by molar-refractivity contribution is 0.0960. The van der Waals surface area contributed by atoms with Gasteiger partial charge in [-0.05, 0) is 44.5 Å². The highest BCUT2D eigenvalue weighted by Gasteiger charge is 2.20. The molecule has 0 radical (unpaired) electrons. The number of hydrogen-bond acceptors (Lipinski definition) is 8. The zero-order valence-electron chi connectivity index (χ0n) is 22.5. The van der Waals surface area contributed by atoms with Crippen LogP contribution in [0.2, 0.25) is 0 Å². The Morgan fingerprint density at radius 2 is 1.87 bits per heavy atom. The molecule has 1 fully saturated rings. The molecule has 1 saturated heterocycles. The van der Waals surface area contributed by atoms with E-state index >= 15 is 0 Å². The van der Waals surface area contributed by atoms with Gasteiger partial charge in [-0.2, -0.15) is 0 Å². The molecule has 5 rings (SSSR count). The number of likely N-dealkylation sites (tertiary alicyclic amines) is 1. The predicted octanol–water partition coefficient (Wildman–Crippen LogP) is 4.08. The van der Waals surface area contributed by atoms with Crippen molar-refractivity contribution in [2.45, 2.75) is 32.1 Å². The summed E-state index contributed by atoms with van der Waals surface area (Å²) in [6, 6.07) is 7.36. The van der Waals surface area contributed by atoms with Gasteiger partial charge in [0.2, 0.25) is 0 Å². The molecule has 0 bridgehead atoms. The number of aromatic nitrogens is 5. The van der Waals surface area contributed by atoms with Crippen LogP contribution in [0.3, 0.4) is 0 Å². The summed E-state index contributed by atoms with van der Waals surface area (Å²) in [6.45, 7) is 4.86. The van der Waals surface area contributed by atoms with Gasteiger partial charge in [-0.15, -0.1) is 0 Å². The third kappa shape index (κ3) is 6.01. The van der Waals surface area contributed by atoms with Crippen LogP contribution in [0.4, 0.5) is 10.2 Å². The van der Waals surface area contributed by atoms with Crippen molar-refractivity contribution in [1.82, 2.24) is 35.1 Å². The number of amides is 1. The lowest BCUT2D eigenvalue weighted by Gasteiger charge is -2.28. The smallest absolute Gasteiger partial charge is 0.254 e. The van der Waals surface area contributed by atoms with Crippen molar-refractivity contribution in [1.29, 1.82) is 0 Å². The number of anilines is 1. The molecule has 2 N–H and O–H groups in total. The lowest BCUT2D eigenvalue weighted by Crippen LogP contribution is -2.31. The average Bonchev–Trinajstić information content (AvgIpc) is 2.97. The number of hydrogen-bond donors (Lipinski definition) is 2. The van der Waals surface area contributed by atoms with Crippen LogP contribution in [-0.4, -0.2) is 69.5 Å². The van der Waals surface area contributed by atoms with Crippen LogP contribution in [0.5, 0.6) is 0 Å². The minimum Gasteiger partial charge on any atom is -0.369 e. The Morgan fingerprint density at radius 1 is 1.10 bits per heavy atom. The number of pyridine rings is 1. The number of piperidine rings is 1. The third-order valence-electron chi connectivity index (χ3n) is 7.43. The number of carbonyl (C=O) groups is 1. The molecule has 202 valence electrons. The van der Waals surface area contributed by atoms with Crippen molar-refractivity contribution in [3.63, 3.8) is 0 Å². The Bertz CT molecular complexity index is 1450. The highest BCUT2D eigenvalue weighted by Crippen LogP contribution is 2.28. The maximum Gasteiger partial charge on any atom is 0.254 e. The number of halogens is 1. The van der Waals surface area contributed by atoms with E-state index in [4.69, 9.17) is 0 Å². The second kappa shape index (κ2) is 11.8.